The number of hydrogen-bond acceptors (Lipinski definition) is 3. The van der Waals surface area contributed by atoms with Crippen LogP contribution in [0.1, 0.15) is 60.3 Å². The van der Waals surface area contributed by atoms with Crippen molar-refractivity contribution in [1.82, 2.24) is 0 Å². The van der Waals surface area contributed by atoms with Gasteiger partial charge in [0.05, 0.1) is 5.60 Å². The van der Waals surface area contributed by atoms with Crippen molar-refractivity contribution in [3.63, 3.8) is 0 Å². The van der Waals surface area contributed by atoms with Gasteiger partial charge in [-0.2, -0.15) is 0 Å². The van der Waals surface area contributed by atoms with Crippen LogP contribution in [-0.2, 0) is 14.2 Å². The first-order valence-electron chi connectivity index (χ1n) is 6.98. The van der Waals surface area contributed by atoms with E-state index in [2.05, 4.69) is 34.6 Å². The Morgan fingerprint density at radius 2 is 1.28 bits per heavy atom. The molecule has 0 aromatic carbocycles. The van der Waals surface area contributed by atoms with Gasteiger partial charge in [0.25, 0.3) is 0 Å². The molecular weight excluding hydrogens is 228 g/mol. The van der Waals surface area contributed by atoms with Crippen LogP contribution < -0.4 is 0 Å². The summed E-state index contributed by atoms with van der Waals surface area (Å²) in [4.78, 5) is 0. The minimum atomic E-state index is 0.0833. The summed E-state index contributed by atoms with van der Waals surface area (Å²) in [5.74, 6) is 0. The van der Waals surface area contributed by atoms with Gasteiger partial charge in [-0.05, 0) is 33.1 Å². The zero-order valence-corrected chi connectivity index (χ0v) is 14.0. The molecule has 114 valence electrons. The molecule has 0 spiro atoms. The van der Waals surface area contributed by atoms with Gasteiger partial charge in [0.15, 0.2) is 0 Å². The lowest BCUT2D eigenvalue weighted by Gasteiger charge is -2.19. The van der Waals surface area contributed by atoms with E-state index in [9.17, 15) is 0 Å². The van der Waals surface area contributed by atoms with Gasteiger partial charge in [0.1, 0.15) is 0 Å². The Bertz CT molecular complexity index is 113. The van der Waals surface area contributed by atoms with Gasteiger partial charge in [0, 0.05) is 34.5 Å². The molecule has 0 aliphatic rings. The van der Waals surface area contributed by atoms with Crippen molar-refractivity contribution < 1.29 is 14.2 Å². The Kier molecular flexibility index (Phi) is 24.6. The summed E-state index contributed by atoms with van der Waals surface area (Å²) in [6, 6.07) is 0. The fraction of sp³-hybridized carbons (Fsp3) is 1.00. The topological polar surface area (TPSA) is 27.7 Å². The Morgan fingerprint density at radius 1 is 0.778 bits per heavy atom. The molecule has 0 bridgehead atoms. The predicted molar refractivity (Wildman–Crippen MR) is 80.3 cm³/mol. The average Bonchev–Trinajstić information content (AvgIpc) is 2.39. The Labute approximate surface area is 115 Å². The minimum absolute atomic E-state index is 0.0833. The van der Waals surface area contributed by atoms with Crippen molar-refractivity contribution in [2.75, 3.05) is 34.5 Å². The van der Waals surface area contributed by atoms with Crippen molar-refractivity contribution in [3.8, 4) is 0 Å². The van der Waals surface area contributed by atoms with E-state index in [0.717, 1.165) is 26.1 Å². The highest BCUT2D eigenvalue weighted by molar-refractivity contribution is 4.62. The molecule has 0 N–H and O–H groups in total. The smallest absolute Gasteiger partial charge is 0.0620 e. The molecule has 0 radical (unpaired) electrons. The van der Waals surface area contributed by atoms with Gasteiger partial charge in [-0.1, -0.05) is 27.2 Å². The lowest BCUT2D eigenvalue weighted by Crippen LogP contribution is -2.20. The predicted octanol–water partition coefficient (Wildman–Crippen LogP) is 4.30. The summed E-state index contributed by atoms with van der Waals surface area (Å²) < 4.78 is 14.6. The van der Waals surface area contributed by atoms with Crippen LogP contribution in [0, 0.1) is 0 Å². The lowest BCUT2D eigenvalue weighted by molar-refractivity contribution is 0.0196. The summed E-state index contributed by atoms with van der Waals surface area (Å²) >= 11 is 0. The van der Waals surface area contributed by atoms with Crippen molar-refractivity contribution >= 4 is 0 Å². The highest BCUT2D eigenvalue weighted by Gasteiger charge is 2.10. The first kappa shape index (κ1) is 23.0. The number of unbranched alkanes of at least 4 members (excludes halogenated alkanes) is 1. The maximum atomic E-state index is 5.09. The van der Waals surface area contributed by atoms with Crippen molar-refractivity contribution in [3.05, 3.63) is 0 Å². The number of ether oxygens (including phenoxy) is 3. The van der Waals surface area contributed by atoms with E-state index in [-0.39, 0.29) is 5.60 Å². The van der Waals surface area contributed by atoms with Crippen molar-refractivity contribution in [2.45, 2.75) is 65.9 Å². The van der Waals surface area contributed by atoms with E-state index < -0.39 is 0 Å². The van der Waals surface area contributed by atoms with Gasteiger partial charge in [-0.25, -0.2) is 0 Å². The monoisotopic (exact) mass is 264 g/mol. The van der Waals surface area contributed by atoms with Crippen LogP contribution in [0.2, 0.25) is 0 Å². The molecule has 0 fully saturated rings. The minimum Gasteiger partial charge on any atom is -0.385 e. The molecule has 0 rings (SSSR count). The average molecular weight is 264 g/mol. The van der Waals surface area contributed by atoms with Crippen LogP contribution in [0.4, 0.5) is 0 Å². The zero-order valence-electron chi connectivity index (χ0n) is 14.0. The highest BCUT2D eigenvalue weighted by Crippen LogP contribution is 2.10. The van der Waals surface area contributed by atoms with Gasteiger partial charge in [0.2, 0.25) is 0 Å². The SMILES string of the molecule is CCC(C)(C)OC.CCCCOC.CCCOC. The maximum Gasteiger partial charge on any atom is 0.0620 e. The number of methoxy groups -OCH3 is 3. The summed E-state index contributed by atoms with van der Waals surface area (Å²) in [5, 5.41) is 0. The van der Waals surface area contributed by atoms with E-state index in [1.807, 2.05) is 0 Å². The Hall–Kier alpha value is -0.120. The third kappa shape index (κ3) is 29.7. The van der Waals surface area contributed by atoms with Crippen LogP contribution in [0.25, 0.3) is 0 Å². The molecule has 18 heavy (non-hydrogen) atoms. The van der Waals surface area contributed by atoms with Crippen LogP contribution in [0.15, 0.2) is 0 Å². The highest BCUT2D eigenvalue weighted by atomic mass is 16.5. The molecule has 0 aliphatic carbocycles. The summed E-state index contributed by atoms with van der Waals surface area (Å²) in [5.41, 5.74) is 0.0833. The largest absolute Gasteiger partial charge is 0.385 e. The van der Waals surface area contributed by atoms with Gasteiger partial charge in [-0.15, -0.1) is 0 Å². The molecule has 0 amide bonds. The van der Waals surface area contributed by atoms with E-state index in [4.69, 9.17) is 14.2 Å². The molecule has 0 aliphatic heterocycles. The normalized spacial score (nSPS) is 10.0. The number of hydrogen-bond donors (Lipinski definition) is 0. The fourth-order valence-electron chi connectivity index (χ4n) is 0.637. The lowest BCUT2D eigenvalue weighted by atomic mass is 10.1. The van der Waals surface area contributed by atoms with Gasteiger partial charge < -0.3 is 14.2 Å². The zero-order chi connectivity index (χ0) is 14.9. The molecule has 0 heterocycles. The first-order valence-corrected chi connectivity index (χ1v) is 6.98. The third-order valence-corrected chi connectivity index (χ3v) is 2.51. The number of rotatable bonds is 7. The van der Waals surface area contributed by atoms with Crippen LogP contribution in [-0.4, -0.2) is 40.1 Å². The molecule has 3 heteroatoms. The van der Waals surface area contributed by atoms with E-state index in [1.54, 1.807) is 21.3 Å². The quantitative estimate of drug-likeness (QED) is 0.642. The molecule has 0 saturated carbocycles. The molecule has 0 unspecified atom stereocenters. The Morgan fingerprint density at radius 3 is 1.33 bits per heavy atom. The van der Waals surface area contributed by atoms with E-state index in [1.165, 1.54) is 12.8 Å². The maximum absolute atomic E-state index is 5.09. The van der Waals surface area contributed by atoms with E-state index in [0.29, 0.717) is 0 Å². The fourth-order valence-corrected chi connectivity index (χ4v) is 0.637. The molecule has 0 saturated heterocycles. The van der Waals surface area contributed by atoms with Crippen molar-refractivity contribution in [2.24, 2.45) is 0 Å². The first-order chi connectivity index (χ1) is 8.45. The molecular formula is C15H36O3. The van der Waals surface area contributed by atoms with Crippen LogP contribution in [0.3, 0.4) is 0 Å². The van der Waals surface area contributed by atoms with Crippen molar-refractivity contribution in [1.29, 1.82) is 0 Å². The molecule has 0 aromatic rings. The second-order valence-corrected chi connectivity index (χ2v) is 4.66. The second-order valence-electron chi connectivity index (χ2n) is 4.66. The second kappa shape index (κ2) is 19.2. The van der Waals surface area contributed by atoms with Gasteiger partial charge in [-0.3, -0.25) is 0 Å². The molecule has 0 atom stereocenters. The Balaban J connectivity index is -0.000000190. The summed E-state index contributed by atoms with van der Waals surface area (Å²) in [6.45, 7) is 12.3. The standard InChI is InChI=1S/C6H14O.C5H12O.C4H10O/c1-5-6(2,3)7-4;1-3-4-5-6-2;1-3-4-5-2/h5H2,1-4H3;3-5H2,1-2H3;3-4H2,1-2H3. The van der Waals surface area contributed by atoms with Gasteiger partial charge >= 0.3 is 0 Å². The molecule has 0 aromatic heterocycles. The summed E-state index contributed by atoms with van der Waals surface area (Å²) in [7, 11) is 5.18. The third-order valence-electron chi connectivity index (χ3n) is 2.51. The van der Waals surface area contributed by atoms with E-state index >= 15 is 0 Å². The molecule has 3 nitrogen and oxygen atoms in total. The summed E-state index contributed by atoms with van der Waals surface area (Å²) in [6.07, 6.45) is 4.62. The van der Waals surface area contributed by atoms with Crippen LogP contribution in [0.5, 0.6) is 0 Å². The van der Waals surface area contributed by atoms with Crippen LogP contribution >= 0.6 is 0 Å².